The largest absolute Gasteiger partial charge is 0.448 e. The van der Waals surface area contributed by atoms with Gasteiger partial charge in [0.1, 0.15) is 5.69 Å². The lowest BCUT2D eigenvalue weighted by atomic mass is 10.1. The van der Waals surface area contributed by atoms with Crippen molar-refractivity contribution in [1.29, 1.82) is 0 Å². The van der Waals surface area contributed by atoms with Gasteiger partial charge in [0, 0.05) is 17.3 Å². The third-order valence-electron chi connectivity index (χ3n) is 3.68. The van der Waals surface area contributed by atoms with Crippen LogP contribution in [0.3, 0.4) is 0 Å². The fraction of sp³-hybridized carbons (Fsp3) is 0.222. The standard InChI is InChI=1S/C18H17N3O4/c1-10-4-6-13(7-5-10)17-21-20-16(25-17)12(3)24-18(23)15-8-14(9-19-15)11(2)22/h4-9,12,19H,1-3H3/t12-/m1/s1. The summed E-state index contributed by atoms with van der Waals surface area (Å²) in [5.41, 5.74) is 2.52. The van der Waals surface area contributed by atoms with Gasteiger partial charge in [0.25, 0.3) is 5.89 Å². The predicted octanol–water partition coefficient (Wildman–Crippen LogP) is 3.49. The van der Waals surface area contributed by atoms with Crippen molar-refractivity contribution in [1.82, 2.24) is 15.2 Å². The van der Waals surface area contributed by atoms with E-state index in [0.717, 1.165) is 11.1 Å². The number of hydrogen-bond donors (Lipinski definition) is 1. The molecule has 25 heavy (non-hydrogen) atoms. The van der Waals surface area contributed by atoms with E-state index in [1.807, 2.05) is 31.2 Å². The van der Waals surface area contributed by atoms with Crippen LogP contribution in [0.15, 0.2) is 40.9 Å². The number of rotatable bonds is 5. The van der Waals surface area contributed by atoms with Crippen LogP contribution in [0.4, 0.5) is 0 Å². The molecule has 0 saturated carbocycles. The van der Waals surface area contributed by atoms with Gasteiger partial charge in [0.2, 0.25) is 5.89 Å². The van der Waals surface area contributed by atoms with E-state index in [-0.39, 0.29) is 17.4 Å². The number of H-pyrrole nitrogens is 1. The Morgan fingerprint density at radius 1 is 1.20 bits per heavy atom. The molecule has 0 radical (unpaired) electrons. The van der Waals surface area contributed by atoms with Crippen LogP contribution >= 0.6 is 0 Å². The Bertz CT molecular complexity index is 909. The third-order valence-corrected chi connectivity index (χ3v) is 3.68. The topological polar surface area (TPSA) is 98.1 Å². The summed E-state index contributed by atoms with van der Waals surface area (Å²) in [7, 11) is 0. The molecule has 3 aromatic rings. The molecule has 7 heteroatoms. The molecule has 0 fully saturated rings. The van der Waals surface area contributed by atoms with Crippen LogP contribution in [0.5, 0.6) is 0 Å². The number of ketones is 1. The smallest absolute Gasteiger partial charge is 0.355 e. The number of esters is 1. The zero-order chi connectivity index (χ0) is 18.0. The number of nitrogens with zero attached hydrogens (tertiary/aromatic N) is 2. The summed E-state index contributed by atoms with van der Waals surface area (Å²) in [6, 6.07) is 9.10. The Morgan fingerprint density at radius 2 is 1.92 bits per heavy atom. The van der Waals surface area contributed by atoms with Crippen molar-refractivity contribution in [3.8, 4) is 11.5 Å². The number of aryl methyl sites for hydroxylation is 1. The molecule has 0 saturated heterocycles. The van der Waals surface area contributed by atoms with E-state index in [1.165, 1.54) is 19.2 Å². The molecule has 7 nitrogen and oxygen atoms in total. The van der Waals surface area contributed by atoms with Crippen molar-refractivity contribution in [2.45, 2.75) is 26.9 Å². The first kappa shape index (κ1) is 16.6. The highest BCUT2D eigenvalue weighted by molar-refractivity contribution is 5.97. The van der Waals surface area contributed by atoms with Crippen molar-refractivity contribution < 1.29 is 18.7 Å². The number of ether oxygens (including phenoxy) is 1. The molecule has 0 unspecified atom stereocenters. The first-order chi connectivity index (χ1) is 11.9. The highest BCUT2D eigenvalue weighted by Crippen LogP contribution is 2.23. The van der Waals surface area contributed by atoms with Gasteiger partial charge in [-0.3, -0.25) is 4.79 Å². The van der Waals surface area contributed by atoms with Gasteiger partial charge >= 0.3 is 5.97 Å². The summed E-state index contributed by atoms with van der Waals surface area (Å²) >= 11 is 0. The van der Waals surface area contributed by atoms with Crippen LogP contribution in [0.1, 0.15) is 52.3 Å². The average Bonchev–Trinajstić information content (AvgIpc) is 3.25. The Labute approximate surface area is 144 Å². The Hall–Kier alpha value is -3.22. The van der Waals surface area contributed by atoms with E-state index in [9.17, 15) is 9.59 Å². The highest BCUT2D eigenvalue weighted by atomic mass is 16.6. The number of carbonyl (C=O) groups excluding carboxylic acids is 2. The van der Waals surface area contributed by atoms with Crippen molar-refractivity contribution in [2.75, 3.05) is 0 Å². The minimum absolute atomic E-state index is 0.136. The van der Waals surface area contributed by atoms with Gasteiger partial charge in [-0.15, -0.1) is 10.2 Å². The van der Waals surface area contributed by atoms with Crippen LogP contribution in [-0.4, -0.2) is 26.9 Å². The summed E-state index contributed by atoms with van der Waals surface area (Å²) in [4.78, 5) is 26.1. The van der Waals surface area contributed by atoms with Crippen LogP contribution in [0.2, 0.25) is 0 Å². The fourth-order valence-corrected chi connectivity index (χ4v) is 2.20. The molecule has 0 aliphatic rings. The summed E-state index contributed by atoms with van der Waals surface area (Å²) in [6.45, 7) is 5.05. The number of nitrogens with one attached hydrogen (secondary N) is 1. The lowest BCUT2D eigenvalue weighted by molar-refractivity contribution is 0.0273. The van der Waals surface area contributed by atoms with E-state index >= 15 is 0 Å². The van der Waals surface area contributed by atoms with Gasteiger partial charge in [0.15, 0.2) is 11.9 Å². The number of benzene rings is 1. The molecule has 2 aromatic heterocycles. The quantitative estimate of drug-likeness (QED) is 0.564. The summed E-state index contributed by atoms with van der Waals surface area (Å²) in [5, 5.41) is 7.92. The maximum atomic E-state index is 12.1. The lowest BCUT2D eigenvalue weighted by Crippen LogP contribution is -2.10. The summed E-state index contributed by atoms with van der Waals surface area (Å²) in [6.07, 6.45) is 0.745. The third kappa shape index (κ3) is 3.65. The molecule has 1 N–H and O–H groups in total. The normalized spacial score (nSPS) is 12.0. The maximum absolute atomic E-state index is 12.1. The average molecular weight is 339 g/mol. The van der Waals surface area contributed by atoms with Crippen molar-refractivity contribution >= 4 is 11.8 Å². The Kier molecular flexibility index (Phi) is 4.47. The second kappa shape index (κ2) is 6.72. The molecule has 0 aliphatic heterocycles. The molecular formula is C18H17N3O4. The van der Waals surface area contributed by atoms with E-state index in [4.69, 9.17) is 9.15 Å². The predicted molar refractivity (Wildman–Crippen MR) is 89.1 cm³/mol. The zero-order valence-corrected chi connectivity index (χ0v) is 14.1. The lowest BCUT2D eigenvalue weighted by Gasteiger charge is -2.08. The second-order valence-corrected chi connectivity index (χ2v) is 5.72. The van der Waals surface area contributed by atoms with Crippen LogP contribution in [0.25, 0.3) is 11.5 Å². The molecule has 0 aliphatic carbocycles. The first-order valence-electron chi connectivity index (χ1n) is 7.75. The molecule has 0 spiro atoms. The number of hydrogen-bond acceptors (Lipinski definition) is 6. The van der Waals surface area contributed by atoms with E-state index < -0.39 is 12.1 Å². The van der Waals surface area contributed by atoms with Crippen LogP contribution in [0, 0.1) is 6.92 Å². The first-order valence-corrected chi connectivity index (χ1v) is 7.75. The summed E-state index contributed by atoms with van der Waals surface area (Å²) < 4.78 is 10.9. The second-order valence-electron chi connectivity index (χ2n) is 5.72. The Morgan fingerprint density at radius 3 is 2.56 bits per heavy atom. The molecular weight excluding hydrogens is 322 g/mol. The number of carbonyl (C=O) groups is 2. The van der Waals surface area contributed by atoms with E-state index in [1.54, 1.807) is 6.92 Å². The molecule has 1 atom stereocenters. The van der Waals surface area contributed by atoms with Crippen LogP contribution < -0.4 is 0 Å². The monoisotopic (exact) mass is 339 g/mol. The van der Waals surface area contributed by atoms with Gasteiger partial charge in [0.05, 0.1) is 0 Å². The number of aromatic amines is 1. The van der Waals surface area contributed by atoms with E-state index in [0.29, 0.717) is 11.5 Å². The molecule has 128 valence electrons. The highest BCUT2D eigenvalue weighted by Gasteiger charge is 2.21. The molecule has 0 amide bonds. The van der Waals surface area contributed by atoms with Crippen molar-refractivity contribution in [3.63, 3.8) is 0 Å². The molecule has 3 rings (SSSR count). The zero-order valence-electron chi connectivity index (χ0n) is 14.1. The fourth-order valence-electron chi connectivity index (χ4n) is 2.20. The van der Waals surface area contributed by atoms with Crippen molar-refractivity contribution in [3.05, 3.63) is 59.2 Å². The van der Waals surface area contributed by atoms with Gasteiger partial charge < -0.3 is 14.1 Å². The van der Waals surface area contributed by atoms with Crippen LogP contribution in [-0.2, 0) is 4.74 Å². The number of aromatic nitrogens is 3. The Balaban J connectivity index is 1.70. The number of Topliss-reactive ketones (excluding diaryl/α,β-unsaturated/α-hetero) is 1. The molecule has 2 heterocycles. The minimum Gasteiger partial charge on any atom is -0.448 e. The minimum atomic E-state index is -0.719. The van der Waals surface area contributed by atoms with E-state index in [2.05, 4.69) is 15.2 Å². The summed E-state index contributed by atoms with van der Waals surface area (Å²) in [5.74, 6) is -0.183. The molecule has 0 bridgehead atoms. The van der Waals surface area contributed by atoms with Gasteiger partial charge in [-0.05, 0) is 39.0 Å². The van der Waals surface area contributed by atoms with Gasteiger partial charge in [-0.1, -0.05) is 17.7 Å². The van der Waals surface area contributed by atoms with Crippen molar-refractivity contribution in [2.24, 2.45) is 0 Å². The van der Waals surface area contributed by atoms with Gasteiger partial charge in [-0.2, -0.15) is 0 Å². The molecule has 1 aromatic carbocycles. The maximum Gasteiger partial charge on any atom is 0.355 e. The SMILES string of the molecule is CC(=O)c1c[nH]c(C(=O)O[C@H](C)c2nnc(-c3ccc(C)cc3)o2)c1. The van der Waals surface area contributed by atoms with Gasteiger partial charge in [-0.25, -0.2) is 4.79 Å².